The Hall–Kier alpha value is -6.55. The van der Waals surface area contributed by atoms with Crippen molar-refractivity contribution in [3.8, 4) is 62.1 Å². The molecule has 1 aliphatic rings. The molecule has 0 aliphatic carbocycles. The summed E-state index contributed by atoms with van der Waals surface area (Å²) in [5.74, 6) is 1.12. The molecule has 0 atom stereocenters. The molecule has 70 heavy (non-hydrogen) atoms. The second kappa shape index (κ2) is 16.8. The molecule has 0 bridgehead atoms. The van der Waals surface area contributed by atoms with Gasteiger partial charge in [0.05, 0.1) is 2.74 Å². The minimum absolute atomic E-state index is 0. The number of hydrogen-bond acceptors (Lipinski definition) is 2. The molecule has 6 heteroatoms. The second-order valence-electron chi connectivity index (χ2n) is 19.9. The van der Waals surface area contributed by atoms with Crippen molar-refractivity contribution in [2.24, 2.45) is 0 Å². The predicted molar refractivity (Wildman–Crippen MR) is 286 cm³/mol. The molecule has 0 N–H and O–H groups in total. The van der Waals surface area contributed by atoms with Gasteiger partial charge in [0.2, 0.25) is 0 Å². The van der Waals surface area contributed by atoms with Gasteiger partial charge in [-0.25, -0.2) is 9.55 Å². The van der Waals surface area contributed by atoms with Gasteiger partial charge in [0.15, 0.2) is 11.0 Å². The Balaban J connectivity index is 0.00000891. The van der Waals surface area contributed by atoms with E-state index in [1.54, 1.807) is 77.5 Å². The van der Waals surface area contributed by atoms with Crippen LogP contribution >= 0.6 is 0 Å². The molecule has 11 rings (SSSR count). The molecular formula is C64H61N4OPt+. The molecule has 0 saturated heterocycles. The molecule has 0 saturated carbocycles. The van der Waals surface area contributed by atoms with Gasteiger partial charge >= 0.3 is 21.1 Å². The summed E-state index contributed by atoms with van der Waals surface area (Å²) in [5.41, 5.74) is -8.66. The fraction of sp³-hybridized carbons (Fsp3) is 0.250. The standard InChI is InChI=1S/C64H61N4O.Pt/c1-61(2,3)40-30-31-65-58(36-40)68-55-26-18-17-24-50(55)51-29-28-44(38-57(51)68)69-45-33-41(62(4,5)6)32-43(37-45)66-39-67-59-53(34-42(63(7,8)9)35-54(59)64(10,11)12)49-23-16-14-21-47(49)46-20-13-15-22-48(46)52-25-19-27-56(66)60(52)67;/h13-36,39H,1-12H3;/q-1;+2/i7D3,8D3,9D3,10D3,11D3,12D3,34D,35D;. The van der Waals surface area contributed by atoms with E-state index >= 15 is 0 Å². The van der Waals surface area contributed by atoms with E-state index < -0.39 is 91.8 Å². The van der Waals surface area contributed by atoms with Gasteiger partial charge in [0.1, 0.15) is 11.5 Å². The molecule has 7 aromatic carbocycles. The average Bonchev–Trinajstić information content (AvgIpc) is 0.845. The number of fused-ring (bicyclic) bond motifs is 10. The van der Waals surface area contributed by atoms with Gasteiger partial charge in [-0.2, -0.15) is 10.6 Å². The van der Waals surface area contributed by atoms with E-state index in [4.69, 9.17) is 22.1 Å². The summed E-state index contributed by atoms with van der Waals surface area (Å²) in [5, 5.41) is 1.82. The van der Waals surface area contributed by atoms with E-state index in [0.29, 0.717) is 33.6 Å². The van der Waals surface area contributed by atoms with E-state index in [1.807, 2.05) is 73.9 Å². The van der Waals surface area contributed by atoms with Crippen LogP contribution in [-0.2, 0) is 42.7 Å². The Morgan fingerprint density at radius 2 is 1.19 bits per heavy atom. The maximum atomic E-state index is 10.4. The first kappa shape index (κ1) is 29.0. The normalized spacial score (nSPS) is 18.0. The monoisotopic (exact) mass is 1120 g/mol. The second-order valence-corrected chi connectivity index (χ2v) is 19.9. The molecule has 0 radical (unpaired) electrons. The molecule has 0 fully saturated rings. The van der Waals surface area contributed by atoms with Crippen molar-refractivity contribution < 1.29 is 57.8 Å². The van der Waals surface area contributed by atoms with E-state index in [0.717, 1.165) is 21.9 Å². The van der Waals surface area contributed by atoms with Crippen LogP contribution in [0.25, 0.3) is 83.4 Å². The molecule has 1 aliphatic heterocycles. The topological polar surface area (TPSA) is 35.9 Å². The summed E-state index contributed by atoms with van der Waals surface area (Å²) < 4.78 is 196. The van der Waals surface area contributed by atoms with Crippen molar-refractivity contribution in [1.82, 2.24) is 14.1 Å². The van der Waals surface area contributed by atoms with Gasteiger partial charge in [0, 0.05) is 70.3 Å². The Bertz CT molecular complexity index is 4440. The minimum atomic E-state index is -4.29. The first-order chi connectivity index (χ1) is 41.1. The Labute approximate surface area is 456 Å². The zero-order valence-electron chi connectivity index (χ0n) is 59.3. The fourth-order valence-electron chi connectivity index (χ4n) is 9.54. The number of benzene rings is 7. The number of para-hydroxylation sites is 2. The summed E-state index contributed by atoms with van der Waals surface area (Å²) in [4.78, 5) is 4.82. The van der Waals surface area contributed by atoms with Crippen LogP contribution in [0.5, 0.6) is 11.5 Å². The maximum Gasteiger partial charge on any atom is 2.00 e. The predicted octanol–water partition coefficient (Wildman–Crippen LogP) is 16.3. The van der Waals surface area contributed by atoms with Crippen LogP contribution in [-0.4, -0.2) is 14.1 Å². The van der Waals surface area contributed by atoms with Crippen LogP contribution in [0, 0.1) is 12.1 Å². The third-order valence-electron chi connectivity index (χ3n) is 13.0. The van der Waals surface area contributed by atoms with Crippen LogP contribution in [0.1, 0.15) is 132 Å². The smallest absolute Gasteiger partial charge is 0.509 e. The van der Waals surface area contributed by atoms with Crippen LogP contribution < -0.4 is 9.30 Å². The summed E-state index contributed by atoms with van der Waals surface area (Å²) in [6.45, 7) is -13.1. The first-order valence-corrected chi connectivity index (χ1v) is 22.7. The largest absolute Gasteiger partial charge is 2.00 e. The third-order valence-corrected chi connectivity index (χ3v) is 13.0. The molecule has 10 aromatic rings. The summed E-state index contributed by atoms with van der Waals surface area (Å²) in [6, 6.07) is 41.4. The minimum Gasteiger partial charge on any atom is -0.509 e. The number of aromatic nitrogens is 4. The summed E-state index contributed by atoms with van der Waals surface area (Å²) in [7, 11) is 0. The Kier molecular flexibility index (Phi) is 6.95. The van der Waals surface area contributed by atoms with Crippen molar-refractivity contribution in [2.75, 3.05) is 0 Å². The molecule has 5 nitrogen and oxygen atoms in total. The molecule has 4 heterocycles. The van der Waals surface area contributed by atoms with Gasteiger partial charge in [-0.3, -0.25) is 0 Å². The first-order valence-electron chi connectivity index (χ1n) is 32.7. The molecule has 3 aromatic heterocycles. The van der Waals surface area contributed by atoms with Gasteiger partial charge in [-0.1, -0.05) is 173 Å². The maximum absolute atomic E-state index is 10.4. The number of nitrogens with zero attached hydrogens (tertiary/aromatic N) is 4. The molecule has 0 unspecified atom stereocenters. The van der Waals surface area contributed by atoms with Crippen LogP contribution in [0.3, 0.4) is 0 Å². The number of ether oxygens (including phenoxy) is 1. The van der Waals surface area contributed by atoms with Crippen LogP contribution in [0.4, 0.5) is 0 Å². The number of imidazole rings is 1. The van der Waals surface area contributed by atoms with Gasteiger partial charge in [0.25, 0.3) is 6.33 Å². The van der Waals surface area contributed by atoms with Crippen molar-refractivity contribution in [1.29, 1.82) is 0 Å². The summed E-state index contributed by atoms with van der Waals surface area (Å²) in [6.07, 6.45) is 3.15. The van der Waals surface area contributed by atoms with Crippen LogP contribution in [0.2, 0.25) is 0 Å². The number of pyridine rings is 1. The van der Waals surface area contributed by atoms with Gasteiger partial charge in [-0.15, -0.1) is 35.2 Å². The molecule has 352 valence electrons. The SMILES string of the molecule is [2H]c1c2c(c(C(C([2H])([2H])[2H])(C([2H])([2H])[2H])C([2H])([2H])[2H])c([2H])c1C(C([2H])([2H])[2H])(C([2H])([2H])[2H])C([2H])([2H])[2H])-[n+]1cn(-c3[c-]c(Oc4[c-]c5c(cc4)c4ccccc4n5-c4cc(C(C)(C)C)ccn4)cc(C(C)(C)C)c3)c3cccc(c31)-c1ccccc1-c1ccccc1-2.[Pt+2]. The van der Waals surface area contributed by atoms with Gasteiger partial charge in [-0.05, 0) is 96.8 Å². The molecular weight excluding hydrogens is 1040 g/mol. The number of rotatable bonds is 4. The van der Waals surface area contributed by atoms with Crippen LogP contribution in [0.15, 0.2) is 152 Å². The van der Waals surface area contributed by atoms with Gasteiger partial charge < -0.3 is 9.30 Å². The van der Waals surface area contributed by atoms with Crippen molar-refractivity contribution in [3.05, 3.63) is 186 Å². The van der Waals surface area contributed by atoms with E-state index in [2.05, 4.69) is 32.9 Å². The fourth-order valence-corrected chi connectivity index (χ4v) is 9.54. The van der Waals surface area contributed by atoms with E-state index in [1.165, 1.54) is 23.0 Å². The summed E-state index contributed by atoms with van der Waals surface area (Å²) >= 11 is 0. The Morgan fingerprint density at radius 1 is 0.557 bits per heavy atom. The average molecular weight is 1120 g/mol. The van der Waals surface area contributed by atoms with Crippen molar-refractivity contribution in [2.45, 2.75) is 104 Å². The third kappa shape index (κ3) is 8.01. The van der Waals surface area contributed by atoms with Crippen molar-refractivity contribution in [3.63, 3.8) is 0 Å². The van der Waals surface area contributed by atoms with E-state index in [9.17, 15) is 15.1 Å². The zero-order chi connectivity index (χ0) is 65.1. The quantitative estimate of drug-likeness (QED) is 0.130. The zero-order valence-corrected chi connectivity index (χ0v) is 41.6. The number of hydrogen-bond donors (Lipinski definition) is 0. The Morgan fingerprint density at radius 3 is 1.87 bits per heavy atom. The molecule has 0 spiro atoms. The van der Waals surface area contributed by atoms with E-state index in [-0.39, 0.29) is 65.8 Å². The van der Waals surface area contributed by atoms with Crippen molar-refractivity contribution >= 4 is 32.8 Å². The molecule has 0 amide bonds.